The second kappa shape index (κ2) is 5.10. The quantitative estimate of drug-likeness (QED) is 0.909. The lowest BCUT2D eigenvalue weighted by molar-refractivity contribution is 0.339. The summed E-state index contributed by atoms with van der Waals surface area (Å²) in [7, 11) is 0. The zero-order valence-corrected chi connectivity index (χ0v) is 10.4. The van der Waals surface area contributed by atoms with Gasteiger partial charge in [-0.2, -0.15) is 0 Å². The number of benzene rings is 1. The number of nitrogens with two attached hydrogens (primary N) is 1. The number of nitrogens with zero attached hydrogens (tertiary/aromatic N) is 1. The predicted octanol–water partition coefficient (Wildman–Crippen LogP) is 2.02. The molecule has 1 heterocycles. The number of rotatable bonds is 3. The van der Waals surface area contributed by atoms with Crippen LogP contribution in [0.15, 0.2) is 28.7 Å². The summed E-state index contributed by atoms with van der Waals surface area (Å²) in [6, 6.07) is 8.92. The van der Waals surface area contributed by atoms with Crippen molar-refractivity contribution in [2.45, 2.75) is 18.9 Å². The maximum absolute atomic E-state index is 5.87. The van der Waals surface area contributed by atoms with Crippen molar-refractivity contribution >= 4 is 15.9 Å². The van der Waals surface area contributed by atoms with Crippen LogP contribution in [-0.4, -0.2) is 30.6 Å². The van der Waals surface area contributed by atoms with Gasteiger partial charge in [0, 0.05) is 23.6 Å². The molecule has 1 aliphatic rings. The van der Waals surface area contributed by atoms with Gasteiger partial charge in [-0.1, -0.05) is 28.1 Å². The van der Waals surface area contributed by atoms with E-state index in [-0.39, 0.29) is 0 Å². The van der Waals surface area contributed by atoms with E-state index in [2.05, 4.69) is 45.1 Å². The highest BCUT2D eigenvalue weighted by Gasteiger charge is 2.17. The van der Waals surface area contributed by atoms with E-state index < -0.39 is 0 Å². The minimum absolute atomic E-state index is 0.396. The molecular formula is C12H17BrN2. The highest BCUT2D eigenvalue weighted by molar-refractivity contribution is 9.10. The van der Waals surface area contributed by atoms with Gasteiger partial charge in [0.05, 0.1) is 0 Å². The van der Waals surface area contributed by atoms with E-state index in [0.717, 1.165) is 36.9 Å². The molecule has 1 aromatic carbocycles. The van der Waals surface area contributed by atoms with E-state index >= 15 is 0 Å². The van der Waals surface area contributed by atoms with Crippen LogP contribution >= 0.6 is 15.9 Å². The number of hydrogen-bond acceptors (Lipinski definition) is 2. The van der Waals surface area contributed by atoms with Crippen LogP contribution in [-0.2, 0) is 6.42 Å². The van der Waals surface area contributed by atoms with Crippen LogP contribution in [0.4, 0.5) is 0 Å². The summed E-state index contributed by atoms with van der Waals surface area (Å²) < 4.78 is 1.16. The zero-order valence-electron chi connectivity index (χ0n) is 8.82. The maximum atomic E-state index is 5.87. The fourth-order valence-electron chi connectivity index (χ4n) is 2.05. The minimum atomic E-state index is 0.396. The highest BCUT2D eigenvalue weighted by atomic mass is 79.9. The first kappa shape index (κ1) is 11.1. The fourth-order valence-corrected chi connectivity index (χ4v) is 2.49. The van der Waals surface area contributed by atoms with E-state index in [9.17, 15) is 0 Å². The van der Waals surface area contributed by atoms with Gasteiger partial charge in [0.2, 0.25) is 0 Å². The van der Waals surface area contributed by atoms with Crippen LogP contribution in [0, 0.1) is 0 Å². The SMILES string of the molecule is NC1CCN(CCc2cccc(Br)c2)C1. The first-order chi connectivity index (χ1) is 7.24. The van der Waals surface area contributed by atoms with E-state index in [4.69, 9.17) is 5.73 Å². The van der Waals surface area contributed by atoms with Gasteiger partial charge in [0.25, 0.3) is 0 Å². The smallest absolute Gasteiger partial charge is 0.0180 e. The lowest BCUT2D eigenvalue weighted by Crippen LogP contribution is -2.28. The monoisotopic (exact) mass is 268 g/mol. The van der Waals surface area contributed by atoms with Gasteiger partial charge in [-0.15, -0.1) is 0 Å². The molecule has 0 bridgehead atoms. The van der Waals surface area contributed by atoms with E-state index in [0.29, 0.717) is 6.04 Å². The van der Waals surface area contributed by atoms with Gasteiger partial charge in [0.15, 0.2) is 0 Å². The first-order valence-corrected chi connectivity index (χ1v) is 6.26. The third-order valence-corrected chi connectivity index (χ3v) is 3.41. The number of halogens is 1. The van der Waals surface area contributed by atoms with Crippen LogP contribution in [0.5, 0.6) is 0 Å². The van der Waals surface area contributed by atoms with Crippen LogP contribution in [0.3, 0.4) is 0 Å². The molecule has 2 rings (SSSR count). The van der Waals surface area contributed by atoms with Gasteiger partial charge in [0.1, 0.15) is 0 Å². The van der Waals surface area contributed by atoms with Crippen molar-refractivity contribution in [3.63, 3.8) is 0 Å². The molecule has 15 heavy (non-hydrogen) atoms. The second-order valence-corrected chi connectivity index (χ2v) is 5.14. The molecule has 0 amide bonds. The molecule has 1 atom stereocenters. The summed E-state index contributed by atoms with van der Waals surface area (Å²) in [5.41, 5.74) is 7.26. The predicted molar refractivity (Wildman–Crippen MR) is 66.9 cm³/mol. The molecule has 0 spiro atoms. The van der Waals surface area contributed by atoms with Crippen molar-refractivity contribution in [2.24, 2.45) is 5.73 Å². The summed E-state index contributed by atoms with van der Waals surface area (Å²) in [6.45, 7) is 3.35. The molecule has 82 valence electrons. The first-order valence-electron chi connectivity index (χ1n) is 5.46. The van der Waals surface area contributed by atoms with Crippen LogP contribution < -0.4 is 5.73 Å². The zero-order chi connectivity index (χ0) is 10.7. The Kier molecular flexibility index (Phi) is 3.78. The van der Waals surface area contributed by atoms with Crippen molar-refractivity contribution in [3.05, 3.63) is 34.3 Å². The Morgan fingerprint density at radius 2 is 2.33 bits per heavy atom. The highest BCUT2D eigenvalue weighted by Crippen LogP contribution is 2.13. The van der Waals surface area contributed by atoms with E-state index in [1.807, 2.05) is 0 Å². The molecule has 2 N–H and O–H groups in total. The molecule has 1 fully saturated rings. The topological polar surface area (TPSA) is 29.3 Å². The summed E-state index contributed by atoms with van der Waals surface area (Å²) >= 11 is 3.49. The Labute approximate surface area is 99.6 Å². The molecule has 0 aliphatic carbocycles. The van der Waals surface area contributed by atoms with Crippen molar-refractivity contribution in [1.29, 1.82) is 0 Å². The molecule has 0 radical (unpaired) electrons. The minimum Gasteiger partial charge on any atom is -0.326 e. The summed E-state index contributed by atoms with van der Waals surface area (Å²) in [5, 5.41) is 0. The standard InChI is InChI=1S/C12H17BrN2/c13-11-3-1-2-10(8-11)4-6-15-7-5-12(14)9-15/h1-3,8,12H,4-7,9,14H2. The Morgan fingerprint density at radius 3 is 3.00 bits per heavy atom. The molecule has 0 aromatic heterocycles. The van der Waals surface area contributed by atoms with Gasteiger partial charge >= 0.3 is 0 Å². The molecule has 0 saturated carbocycles. The van der Waals surface area contributed by atoms with Gasteiger partial charge in [-0.3, -0.25) is 0 Å². The Morgan fingerprint density at radius 1 is 1.47 bits per heavy atom. The molecule has 1 aliphatic heterocycles. The third-order valence-electron chi connectivity index (χ3n) is 2.91. The maximum Gasteiger partial charge on any atom is 0.0180 e. The lowest BCUT2D eigenvalue weighted by Gasteiger charge is -2.14. The average Bonchev–Trinajstić information content (AvgIpc) is 2.62. The normalized spacial score (nSPS) is 22.1. The van der Waals surface area contributed by atoms with Crippen molar-refractivity contribution in [1.82, 2.24) is 4.90 Å². The van der Waals surface area contributed by atoms with Gasteiger partial charge < -0.3 is 10.6 Å². The van der Waals surface area contributed by atoms with Crippen molar-refractivity contribution in [2.75, 3.05) is 19.6 Å². The van der Waals surface area contributed by atoms with E-state index in [1.54, 1.807) is 0 Å². The summed E-state index contributed by atoms with van der Waals surface area (Å²) in [5.74, 6) is 0. The molecule has 1 aromatic rings. The summed E-state index contributed by atoms with van der Waals surface area (Å²) in [4.78, 5) is 2.45. The van der Waals surface area contributed by atoms with Crippen LogP contribution in [0.25, 0.3) is 0 Å². The average molecular weight is 269 g/mol. The fraction of sp³-hybridized carbons (Fsp3) is 0.500. The third kappa shape index (κ3) is 3.30. The largest absolute Gasteiger partial charge is 0.326 e. The Bertz CT molecular complexity index is 327. The van der Waals surface area contributed by atoms with Gasteiger partial charge in [-0.05, 0) is 37.1 Å². The van der Waals surface area contributed by atoms with Crippen molar-refractivity contribution < 1.29 is 0 Å². The van der Waals surface area contributed by atoms with E-state index in [1.165, 1.54) is 5.56 Å². The molecular weight excluding hydrogens is 252 g/mol. The van der Waals surface area contributed by atoms with Crippen molar-refractivity contribution in [3.8, 4) is 0 Å². The summed E-state index contributed by atoms with van der Waals surface area (Å²) in [6.07, 6.45) is 2.27. The van der Waals surface area contributed by atoms with Gasteiger partial charge in [-0.25, -0.2) is 0 Å². The number of likely N-dealkylation sites (tertiary alicyclic amines) is 1. The Balaban J connectivity index is 1.83. The molecule has 3 heteroatoms. The second-order valence-electron chi connectivity index (χ2n) is 4.23. The molecule has 2 nitrogen and oxygen atoms in total. The lowest BCUT2D eigenvalue weighted by atomic mass is 10.1. The Hall–Kier alpha value is -0.380. The molecule has 1 unspecified atom stereocenters. The van der Waals surface area contributed by atoms with Crippen LogP contribution in [0.1, 0.15) is 12.0 Å². The number of hydrogen-bond donors (Lipinski definition) is 1. The van der Waals surface area contributed by atoms with Crippen LogP contribution in [0.2, 0.25) is 0 Å². The molecule has 1 saturated heterocycles.